The number of aryl methyl sites for hydroxylation is 1. The predicted octanol–water partition coefficient (Wildman–Crippen LogP) is 2.97. The van der Waals surface area contributed by atoms with E-state index < -0.39 is 0 Å². The third kappa shape index (κ3) is 2.46. The molecule has 3 rings (SSSR count). The normalized spacial score (nSPS) is 11.1. The summed E-state index contributed by atoms with van der Waals surface area (Å²) >= 11 is 4.88. The molecule has 0 amide bonds. The molecule has 0 saturated heterocycles. The maximum absolute atomic E-state index is 12.4. The first-order valence-corrected chi connectivity index (χ1v) is 7.30. The summed E-state index contributed by atoms with van der Waals surface area (Å²) in [6.07, 6.45) is 3.32. The van der Waals surface area contributed by atoms with Crippen molar-refractivity contribution in [3.05, 3.63) is 55.4 Å². The summed E-state index contributed by atoms with van der Waals surface area (Å²) in [4.78, 5) is 20.9. The van der Waals surface area contributed by atoms with Gasteiger partial charge in [0.25, 0.3) is 5.56 Å². The summed E-state index contributed by atoms with van der Waals surface area (Å²) < 4.78 is 2.55. The summed E-state index contributed by atoms with van der Waals surface area (Å²) in [5.41, 5.74) is 1.76. The van der Waals surface area contributed by atoms with E-state index in [-0.39, 0.29) is 5.56 Å². The zero-order valence-electron chi connectivity index (χ0n) is 10.1. The van der Waals surface area contributed by atoms with E-state index in [1.54, 1.807) is 17.1 Å². The monoisotopic (exact) mass is 335 g/mol. The Labute approximate surface area is 121 Å². The average molecular weight is 336 g/mol. The van der Waals surface area contributed by atoms with Crippen molar-refractivity contribution in [3.63, 3.8) is 0 Å². The maximum atomic E-state index is 12.4. The highest BCUT2D eigenvalue weighted by Gasteiger charge is 2.07. The fraction of sp³-hybridized carbons (Fsp3) is 0.154. The van der Waals surface area contributed by atoms with Gasteiger partial charge in [0.2, 0.25) is 0 Å². The Morgan fingerprint density at radius 1 is 1.37 bits per heavy atom. The van der Waals surface area contributed by atoms with Crippen LogP contribution in [0.5, 0.6) is 0 Å². The summed E-state index contributed by atoms with van der Waals surface area (Å²) in [6.45, 7) is 2.42. The van der Waals surface area contributed by atoms with Crippen LogP contribution >= 0.6 is 27.3 Å². The van der Waals surface area contributed by atoms with E-state index >= 15 is 0 Å². The number of nitrogens with zero attached hydrogens (tertiary/aromatic N) is 3. The molecule has 0 aliphatic heterocycles. The third-order valence-corrected chi connectivity index (χ3v) is 4.27. The molecule has 0 unspecified atom stereocenters. The molecule has 0 atom stereocenters. The fourth-order valence-corrected chi connectivity index (χ4v) is 3.19. The Hall–Kier alpha value is -1.53. The number of aromatic nitrogens is 3. The number of rotatable bonds is 2. The quantitative estimate of drug-likeness (QED) is 0.723. The van der Waals surface area contributed by atoms with Crippen LogP contribution in [0, 0.1) is 6.92 Å². The van der Waals surface area contributed by atoms with E-state index in [1.165, 1.54) is 11.3 Å². The first-order valence-electron chi connectivity index (χ1n) is 5.69. The van der Waals surface area contributed by atoms with Gasteiger partial charge < -0.3 is 0 Å². The first kappa shape index (κ1) is 12.5. The minimum atomic E-state index is -0.0278. The number of thiazole rings is 1. The van der Waals surface area contributed by atoms with Crippen molar-refractivity contribution in [2.45, 2.75) is 13.5 Å². The molecule has 96 valence electrons. The number of benzene rings is 1. The number of fused-ring (bicyclic) bond motifs is 1. The van der Waals surface area contributed by atoms with Gasteiger partial charge in [-0.2, -0.15) is 0 Å². The molecule has 0 spiro atoms. The van der Waals surface area contributed by atoms with E-state index in [2.05, 4.69) is 25.9 Å². The Kier molecular flexibility index (Phi) is 3.20. The van der Waals surface area contributed by atoms with Gasteiger partial charge >= 0.3 is 0 Å². The first-order chi connectivity index (χ1) is 9.13. The molecule has 0 N–H and O–H groups in total. The Morgan fingerprint density at radius 2 is 2.21 bits per heavy atom. The van der Waals surface area contributed by atoms with Crippen molar-refractivity contribution < 1.29 is 0 Å². The minimum Gasteiger partial charge on any atom is -0.292 e. The lowest BCUT2D eigenvalue weighted by atomic mass is 10.2. The molecule has 0 aliphatic carbocycles. The number of hydrogen-bond acceptors (Lipinski definition) is 4. The van der Waals surface area contributed by atoms with Crippen LogP contribution in [-0.4, -0.2) is 14.5 Å². The maximum Gasteiger partial charge on any atom is 0.261 e. The van der Waals surface area contributed by atoms with Gasteiger partial charge in [0, 0.05) is 0 Å². The molecular weight excluding hydrogens is 326 g/mol. The Balaban J connectivity index is 2.09. The molecule has 0 bridgehead atoms. The van der Waals surface area contributed by atoms with Gasteiger partial charge in [-0.15, -0.1) is 11.3 Å². The molecule has 1 aromatic carbocycles. The summed E-state index contributed by atoms with van der Waals surface area (Å²) in [5, 5.41) is 1.53. The standard InChI is InChI=1S/C13H10BrN3OS/c1-8-2-3-10-9(4-8)13(18)17(7-16-10)6-12-15-5-11(14)19-12/h2-5,7H,6H2,1H3. The van der Waals surface area contributed by atoms with Gasteiger partial charge in [-0.1, -0.05) is 11.6 Å². The summed E-state index contributed by atoms with van der Waals surface area (Å²) in [7, 11) is 0. The van der Waals surface area contributed by atoms with E-state index in [0.29, 0.717) is 11.9 Å². The fourth-order valence-electron chi connectivity index (χ4n) is 1.89. The Morgan fingerprint density at radius 3 is 2.95 bits per heavy atom. The molecule has 0 radical (unpaired) electrons. The molecule has 2 heterocycles. The van der Waals surface area contributed by atoms with E-state index in [4.69, 9.17) is 0 Å². The van der Waals surface area contributed by atoms with Crippen LogP contribution in [0.3, 0.4) is 0 Å². The second kappa shape index (κ2) is 4.86. The SMILES string of the molecule is Cc1ccc2ncn(Cc3ncc(Br)s3)c(=O)c2c1. The molecular formula is C13H10BrN3OS. The lowest BCUT2D eigenvalue weighted by Crippen LogP contribution is -2.21. The van der Waals surface area contributed by atoms with Crippen LogP contribution in [0.1, 0.15) is 10.6 Å². The molecule has 0 saturated carbocycles. The average Bonchev–Trinajstić information content (AvgIpc) is 2.79. The zero-order chi connectivity index (χ0) is 13.4. The molecule has 3 aromatic rings. The van der Waals surface area contributed by atoms with Crippen molar-refractivity contribution in [2.24, 2.45) is 0 Å². The molecule has 4 nitrogen and oxygen atoms in total. The van der Waals surface area contributed by atoms with E-state index in [1.807, 2.05) is 25.1 Å². The molecule has 19 heavy (non-hydrogen) atoms. The molecule has 6 heteroatoms. The van der Waals surface area contributed by atoms with Gasteiger partial charge in [0.15, 0.2) is 0 Å². The second-order valence-corrected chi connectivity index (χ2v) is 6.75. The molecule has 0 aliphatic rings. The van der Waals surface area contributed by atoms with E-state index in [9.17, 15) is 4.79 Å². The van der Waals surface area contributed by atoms with Crippen molar-refractivity contribution in [1.82, 2.24) is 14.5 Å². The van der Waals surface area contributed by atoms with Crippen LogP contribution in [0.25, 0.3) is 10.9 Å². The number of hydrogen-bond donors (Lipinski definition) is 0. The second-order valence-electron chi connectivity index (χ2n) is 4.26. The zero-order valence-corrected chi connectivity index (χ0v) is 12.5. The highest BCUT2D eigenvalue weighted by atomic mass is 79.9. The minimum absolute atomic E-state index is 0.0278. The van der Waals surface area contributed by atoms with Crippen LogP contribution in [0.15, 0.2) is 39.3 Å². The highest BCUT2D eigenvalue weighted by molar-refractivity contribution is 9.11. The molecule has 0 fully saturated rings. The lowest BCUT2D eigenvalue weighted by molar-refractivity contribution is 0.743. The number of halogens is 1. The van der Waals surface area contributed by atoms with Crippen molar-refractivity contribution in [3.8, 4) is 0 Å². The van der Waals surface area contributed by atoms with Gasteiger partial charge in [-0.3, -0.25) is 9.36 Å². The van der Waals surface area contributed by atoms with E-state index in [0.717, 1.165) is 19.9 Å². The van der Waals surface area contributed by atoms with Crippen LogP contribution in [-0.2, 0) is 6.54 Å². The smallest absolute Gasteiger partial charge is 0.261 e. The van der Waals surface area contributed by atoms with Crippen LogP contribution in [0.4, 0.5) is 0 Å². The largest absolute Gasteiger partial charge is 0.292 e. The predicted molar refractivity (Wildman–Crippen MR) is 79.7 cm³/mol. The van der Waals surface area contributed by atoms with Crippen LogP contribution in [0.2, 0.25) is 0 Å². The van der Waals surface area contributed by atoms with Crippen molar-refractivity contribution >= 4 is 38.2 Å². The van der Waals surface area contributed by atoms with Crippen molar-refractivity contribution in [2.75, 3.05) is 0 Å². The van der Waals surface area contributed by atoms with Gasteiger partial charge in [0.1, 0.15) is 5.01 Å². The van der Waals surface area contributed by atoms with Gasteiger partial charge in [0.05, 0.1) is 33.8 Å². The van der Waals surface area contributed by atoms with Gasteiger partial charge in [-0.05, 0) is 35.0 Å². The van der Waals surface area contributed by atoms with Crippen LogP contribution < -0.4 is 5.56 Å². The Bertz CT molecular complexity index is 809. The van der Waals surface area contributed by atoms with Crippen molar-refractivity contribution in [1.29, 1.82) is 0 Å². The van der Waals surface area contributed by atoms with Gasteiger partial charge in [-0.25, -0.2) is 9.97 Å². The highest BCUT2D eigenvalue weighted by Crippen LogP contribution is 2.19. The summed E-state index contributed by atoms with van der Waals surface area (Å²) in [5.74, 6) is 0. The summed E-state index contributed by atoms with van der Waals surface area (Å²) in [6, 6.07) is 5.70. The third-order valence-electron chi connectivity index (χ3n) is 2.81. The topological polar surface area (TPSA) is 47.8 Å². The molecule has 2 aromatic heterocycles. The lowest BCUT2D eigenvalue weighted by Gasteiger charge is -2.05.